The summed E-state index contributed by atoms with van der Waals surface area (Å²) < 4.78 is 5.55. The molecule has 0 spiro atoms. The fourth-order valence-corrected chi connectivity index (χ4v) is 2.94. The number of aromatic amines is 1. The summed E-state index contributed by atoms with van der Waals surface area (Å²) in [4.78, 5) is 16.4. The number of esters is 1. The summed E-state index contributed by atoms with van der Waals surface area (Å²) in [5.74, 6) is 1.000. The van der Waals surface area contributed by atoms with E-state index in [0.29, 0.717) is 11.1 Å². The smallest absolute Gasteiger partial charge is 0.319 e. The molecule has 1 fully saturated rings. The molecule has 1 heterocycles. The fourth-order valence-electron chi connectivity index (χ4n) is 2.22. The van der Waals surface area contributed by atoms with Gasteiger partial charge in [-0.05, 0) is 32.6 Å². The van der Waals surface area contributed by atoms with Gasteiger partial charge in [-0.25, -0.2) is 4.98 Å². The van der Waals surface area contributed by atoms with Crippen molar-refractivity contribution in [2.45, 2.75) is 75.3 Å². The lowest BCUT2D eigenvalue weighted by Gasteiger charge is -2.23. The first-order chi connectivity index (χ1) is 9.56. The van der Waals surface area contributed by atoms with Gasteiger partial charge in [-0.3, -0.25) is 9.89 Å². The van der Waals surface area contributed by atoms with Gasteiger partial charge in [-0.1, -0.05) is 32.0 Å². The van der Waals surface area contributed by atoms with Crippen molar-refractivity contribution in [3.05, 3.63) is 5.82 Å². The van der Waals surface area contributed by atoms with Gasteiger partial charge >= 0.3 is 5.97 Å². The predicted octanol–water partition coefficient (Wildman–Crippen LogP) is 3.28. The lowest BCUT2D eigenvalue weighted by atomic mass is 9.98. The molecule has 20 heavy (non-hydrogen) atoms. The molecule has 1 aliphatic rings. The van der Waals surface area contributed by atoms with Crippen molar-refractivity contribution >= 4 is 17.7 Å². The molecular formula is C14H23N3O2S. The predicted molar refractivity (Wildman–Crippen MR) is 78.8 cm³/mol. The summed E-state index contributed by atoms with van der Waals surface area (Å²) in [6.07, 6.45) is 5.70. The van der Waals surface area contributed by atoms with Crippen LogP contribution < -0.4 is 0 Å². The highest BCUT2D eigenvalue weighted by Crippen LogP contribution is 2.25. The molecule has 1 N–H and O–H groups in total. The largest absolute Gasteiger partial charge is 0.462 e. The Morgan fingerprint density at radius 1 is 1.30 bits per heavy atom. The minimum absolute atomic E-state index is 0.109. The zero-order valence-electron chi connectivity index (χ0n) is 12.4. The van der Waals surface area contributed by atoms with Gasteiger partial charge in [0.05, 0.1) is 0 Å². The first-order valence-electron chi connectivity index (χ1n) is 7.35. The summed E-state index contributed by atoms with van der Waals surface area (Å²) >= 11 is 1.35. The number of carbonyl (C=O) groups is 1. The maximum atomic E-state index is 12.0. The zero-order valence-corrected chi connectivity index (χ0v) is 13.2. The number of hydrogen-bond donors (Lipinski definition) is 1. The molecule has 112 valence electrons. The second kappa shape index (κ2) is 7.11. The van der Waals surface area contributed by atoms with Crippen LogP contribution in [0.5, 0.6) is 0 Å². The van der Waals surface area contributed by atoms with Crippen molar-refractivity contribution < 1.29 is 9.53 Å². The Labute approximate surface area is 124 Å². The van der Waals surface area contributed by atoms with Crippen molar-refractivity contribution in [2.24, 2.45) is 0 Å². The zero-order chi connectivity index (χ0) is 14.5. The lowest BCUT2D eigenvalue weighted by Crippen LogP contribution is -2.26. The highest BCUT2D eigenvalue weighted by molar-refractivity contribution is 8.00. The molecule has 1 saturated carbocycles. The number of nitrogens with one attached hydrogen (secondary N) is 1. The maximum absolute atomic E-state index is 12.0. The molecule has 0 aliphatic heterocycles. The Hall–Kier alpha value is -1.04. The molecular weight excluding hydrogens is 274 g/mol. The van der Waals surface area contributed by atoms with E-state index in [1.54, 1.807) is 0 Å². The van der Waals surface area contributed by atoms with E-state index in [0.717, 1.165) is 31.5 Å². The lowest BCUT2D eigenvalue weighted by molar-refractivity contribution is -0.149. The van der Waals surface area contributed by atoms with Gasteiger partial charge in [0.15, 0.2) is 0 Å². The third-order valence-electron chi connectivity index (χ3n) is 3.48. The molecule has 1 aromatic heterocycles. The number of nitrogens with zero attached hydrogens (tertiary/aromatic N) is 2. The molecule has 6 heteroatoms. The average molecular weight is 297 g/mol. The molecule has 1 aliphatic carbocycles. The van der Waals surface area contributed by atoms with E-state index in [-0.39, 0.29) is 17.3 Å². The van der Waals surface area contributed by atoms with Gasteiger partial charge in [0.25, 0.3) is 0 Å². The number of thioether (sulfide) groups is 1. The van der Waals surface area contributed by atoms with Crippen LogP contribution in [0.4, 0.5) is 0 Å². The van der Waals surface area contributed by atoms with Gasteiger partial charge in [0, 0.05) is 5.92 Å². The van der Waals surface area contributed by atoms with Crippen LogP contribution in [0, 0.1) is 0 Å². The molecule has 0 radical (unpaired) electrons. The van der Waals surface area contributed by atoms with Gasteiger partial charge in [-0.2, -0.15) is 0 Å². The Kier molecular flexibility index (Phi) is 5.46. The van der Waals surface area contributed by atoms with Crippen molar-refractivity contribution in [3.63, 3.8) is 0 Å². The van der Waals surface area contributed by atoms with Gasteiger partial charge in [0.1, 0.15) is 17.2 Å². The molecule has 2 rings (SSSR count). The van der Waals surface area contributed by atoms with E-state index >= 15 is 0 Å². The van der Waals surface area contributed by atoms with Crippen LogP contribution in [0.15, 0.2) is 5.16 Å². The van der Waals surface area contributed by atoms with Crippen LogP contribution >= 0.6 is 11.8 Å². The van der Waals surface area contributed by atoms with Crippen molar-refractivity contribution in [3.8, 4) is 0 Å². The number of ether oxygens (including phenoxy) is 1. The van der Waals surface area contributed by atoms with Crippen LogP contribution in [-0.4, -0.2) is 32.5 Å². The first kappa shape index (κ1) is 15.4. The summed E-state index contributed by atoms with van der Waals surface area (Å²) in [7, 11) is 0. The monoisotopic (exact) mass is 297 g/mol. The summed E-state index contributed by atoms with van der Waals surface area (Å²) in [6, 6.07) is 0. The minimum atomic E-state index is -0.271. The van der Waals surface area contributed by atoms with Gasteiger partial charge in [-0.15, -0.1) is 5.10 Å². The fraction of sp³-hybridized carbons (Fsp3) is 0.786. The molecule has 0 amide bonds. The summed E-state index contributed by atoms with van der Waals surface area (Å²) in [6.45, 7) is 5.95. The summed E-state index contributed by atoms with van der Waals surface area (Å²) in [5, 5.41) is 7.36. The van der Waals surface area contributed by atoms with Crippen molar-refractivity contribution in [1.82, 2.24) is 15.2 Å². The number of H-pyrrole nitrogens is 1. The topological polar surface area (TPSA) is 67.9 Å². The van der Waals surface area contributed by atoms with Crippen LogP contribution in [0.3, 0.4) is 0 Å². The van der Waals surface area contributed by atoms with Crippen LogP contribution in [-0.2, 0) is 9.53 Å². The third kappa shape index (κ3) is 4.23. The molecule has 0 saturated heterocycles. The molecule has 5 nitrogen and oxygen atoms in total. The van der Waals surface area contributed by atoms with E-state index < -0.39 is 0 Å². The SMILES string of the molecule is CC(Sc1n[nH]c(C(C)C)n1)C(=O)OC1CCCCC1. The van der Waals surface area contributed by atoms with E-state index in [1.165, 1.54) is 18.2 Å². The molecule has 1 aromatic rings. The Bertz CT molecular complexity index is 441. The van der Waals surface area contributed by atoms with Gasteiger partial charge in [0.2, 0.25) is 5.16 Å². The minimum Gasteiger partial charge on any atom is -0.462 e. The maximum Gasteiger partial charge on any atom is 0.319 e. The van der Waals surface area contributed by atoms with Gasteiger partial charge < -0.3 is 4.74 Å². The van der Waals surface area contributed by atoms with E-state index in [4.69, 9.17) is 4.74 Å². The highest BCUT2D eigenvalue weighted by atomic mass is 32.2. The first-order valence-corrected chi connectivity index (χ1v) is 8.23. The van der Waals surface area contributed by atoms with Crippen molar-refractivity contribution in [1.29, 1.82) is 0 Å². The Morgan fingerprint density at radius 3 is 2.60 bits per heavy atom. The van der Waals surface area contributed by atoms with Crippen molar-refractivity contribution in [2.75, 3.05) is 0 Å². The molecule has 1 unspecified atom stereocenters. The number of hydrogen-bond acceptors (Lipinski definition) is 5. The highest BCUT2D eigenvalue weighted by Gasteiger charge is 2.23. The molecule has 0 aromatic carbocycles. The van der Waals surface area contributed by atoms with Crippen LogP contribution in [0.25, 0.3) is 0 Å². The van der Waals surface area contributed by atoms with E-state index in [9.17, 15) is 4.79 Å². The summed E-state index contributed by atoms with van der Waals surface area (Å²) in [5.41, 5.74) is 0. The van der Waals surface area contributed by atoms with E-state index in [1.807, 2.05) is 6.92 Å². The van der Waals surface area contributed by atoms with Crippen LogP contribution in [0.2, 0.25) is 0 Å². The standard InChI is InChI=1S/C14H23N3O2S/c1-9(2)12-15-14(17-16-12)20-10(3)13(18)19-11-7-5-4-6-8-11/h9-11H,4-8H2,1-3H3,(H,15,16,17). The number of carbonyl (C=O) groups excluding carboxylic acids is 1. The third-order valence-corrected chi connectivity index (χ3v) is 4.42. The number of rotatable bonds is 5. The Balaban J connectivity index is 1.83. The quantitative estimate of drug-likeness (QED) is 0.667. The average Bonchev–Trinajstić information content (AvgIpc) is 2.88. The Morgan fingerprint density at radius 2 is 2.00 bits per heavy atom. The van der Waals surface area contributed by atoms with Crippen LogP contribution in [0.1, 0.15) is 64.6 Å². The molecule has 1 atom stereocenters. The second-order valence-electron chi connectivity index (χ2n) is 5.61. The molecule has 0 bridgehead atoms. The van der Waals surface area contributed by atoms with E-state index in [2.05, 4.69) is 29.0 Å². The number of aromatic nitrogens is 3. The normalized spacial score (nSPS) is 18.2. The second-order valence-corrected chi connectivity index (χ2v) is 6.92.